The lowest BCUT2D eigenvalue weighted by Crippen LogP contribution is -2.02. The Kier molecular flexibility index (Phi) is 1.37. The smallest absolute Gasteiger partial charge is 0.225 e. The number of halogens is 1. The van der Waals surface area contributed by atoms with Gasteiger partial charge in [0.2, 0.25) is 5.95 Å². The molecule has 0 aliphatic heterocycles. The SMILES string of the molecule is Nc1nc(I)cc2nnnn12. The largest absolute Gasteiger partial charge is 0.368 e. The fourth-order valence-electron chi connectivity index (χ4n) is 0.743. The monoisotopic (exact) mass is 262 g/mol. The van der Waals surface area contributed by atoms with Crippen LogP contribution in [-0.4, -0.2) is 25.0 Å². The van der Waals surface area contributed by atoms with Crippen LogP contribution < -0.4 is 5.73 Å². The summed E-state index contributed by atoms with van der Waals surface area (Å²) in [6, 6.07) is 1.75. The van der Waals surface area contributed by atoms with E-state index in [1.165, 1.54) is 4.52 Å². The summed E-state index contributed by atoms with van der Waals surface area (Å²) in [6.07, 6.45) is 0. The van der Waals surface area contributed by atoms with Gasteiger partial charge in [-0.2, -0.15) is 4.52 Å². The molecule has 0 spiro atoms. The summed E-state index contributed by atoms with van der Waals surface area (Å²) >= 11 is 2.05. The van der Waals surface area contributed by atoms with E-state index in [1.807, 2.05) is 0 Å². The zero-order chi connectivity index (χ0) is 7.84. The first kappa shape index (κ1) is 6.70. The lowest BCUT2D eigenvalue weighted by Gasteiger charge is -1.94. The van der Waals surface area contributed by atoms with Gasteiger partial charge in [-0.05, 0) is 33.0 Å². The molecule has 0 fully saturated rings. The van der Waals surface area contributed by atoms with Crippen molar-refractivity contribution in [3.63, 3.8) is 0 Å². The quantitative estimate of drug-likeness (QED) is 0.521. The second kappa shape index (κ2) is 2.26. The molecule has 0 aromatic carbocycles. The molecule has 0 aliphatic carbocycles. The standard InChI is InChI=1S/C4H3IN6/c5-2-1-3-8-9-10-11(3)4(6)7-2/h1H,(H2,6,7). The minimum Gasteiger partial charge on any atom is -0.368 e. The molecular formula is C4H3IN6. The molecule has 0 aliphatic rings. The van der Waals surface area contributed by atoms with E-state index in [0.717, 1.165) is 3.70 Å². The third-order valence-electron chi connectivity index (χ3n) is 1.18. The third kappa shape index (κ3) is 1.00. The predicted octanol–water partition coefficient (Wildman–Crippen LogP) is -0.294. The van der Waals surface area contributed by atoms with Crippen molar-refractivity contribution >= 4 is 34.2 Å². The van der Waals surface area contributed by atoms with Crippen LogP contribution in [0, 0.1) is 3.70 Å². The van der Waals surface area contributed by atoms with Crippen LogP contribution in [0.3, 0.4) is 0 Å². The van der Waals surface area contributed by atoms with Crippen molar-refractivity contribution in [2.75, 3.05) is 5.73 Å². The average Bonchev–Trinajstić information content (AvgIpc) is 2.34. The first-order valence-electron chi connectivity index (χ1n) is 2.77. The van der Waals surface area contributed by atoms with E-state index in [0.29, 0.717) is 11.6 Å². The summed E-state index contributed by atoms with van der Waals surface area (Å²) in [7, 11) is 0. The van der Waals surface area contributed by atoms with E-state index in [9.17, 15) is 0 Å². The Balaban J connectivity index is 2.91. The van der Waals surface area contributed by atoms with Gasteiger partial charge in [-0.25, -0.2) is 4.98 Å². The number of anilines is 1. The fourth-order valence-corrected chi connectivity index (χ4v) is 1.27. The Hall–Kier alpha value is -0.990. The van der Waals surface area contributed by atoms with Crippen LogP contribution in [0.5, 0.6) is 0 Å². The first-order valence-corrected chi connectivity index (χ1v) is 3.85. The number of fused-ring (bicyclic) bond motifs is 1. The molecular weight excluding hydrogens is 259 g/mol. The number of aromatic nitrogens is 5. The molecule has 7 heteroatoms. The number of nitrogens with two attached hydrogens (primary N) is 1. The molecule has 0 bridgehead atoms. The normalized spacial score (nSPS) is 10.6. The van der Waals surface area contributed by atoms with E-state index < -0.39 is 0 Å². The van der Waals surface area contributed by atoms with Gasteiger partial charge >= 0.3 is 0 Å². The highest BCUT2D eigenvalue weighted by atomic mass is 127. The number of nitrogen functional groups attached to an aromatic ring is 1. The molecule has 2 N–H and O–H groups in total. The lowest BCUT2D eigenvalue weighted by molar-refractivity contribution is 0.817. The Morgan fingerprint density at radius 3 is 3.18 bits per heavy atom. The van der Waals surface area contributed by atoms with Crippen molar-refractivity contribution in [1.82, 2.24) is 25.0 Å². The highest BCUT2D eigenvalue weighted by Crippen LogP contribution is 2.06. The summed E-state index contributed by atoms with van der Waals surface area (Å²) < 4.78 is 2.16. The lowest BCUT2D eigenvalue weighted by atomic mass is 10.6. The van der Waals surface area contributed by atoms with Crippen molar-refractivity contribution in [3.8, 4) is 0 Å². The molecule has 0 saturated heterocycles. The summed E-state index contributed by atoms with van der Waals surface area (Å²) in [6.45, 7) is 0. The van der Waals surface area contributed by atoms with Gasteiger partial charge in [-0.1, -0.05) is 0 Å². The molecule has 0 atom stereocenters. The van der Waals surface area contributed by atoms with Crippen LogP contribution in [0.15, 0.2) is 6.07 Å². The zero-order valence-corrected chi connectivity index (χ0v) is 7.43. The Labute approximate surface area is 74.9 Å². The van der Waals surface area contributed by atoms with Gasteiger partial charge in [0, 0.05) is 6.07 Å². The molecule has 0 saturated carbocycles. The van der Waals surface area contributed by atoms with Gasteiger partial charge in [-0.15, -0.1) is 5.10 Å². The highest BCUT2D eigenvalue weighted by Gasteiger charge is 2.02. The van der Waals surface area contributed by atoms with E-state index in [2.05, 4.69) is 43.1 Å². The number of hydrogen-bond donors (Lipinski definition) is 1. The van der Waals surface area contributed by atoms with Gasteiger partial charge in [0.1, 0.15) is 3.70 Å². The molecule has 2 rings (SSSR count). The van der Waals surface area contributed by atoms with Gasteiger partial charge in [0.25, 0.3) is 0 Å². The maximum Gasteiger partial charge on any atom is 0.225 e. The van der Waals surface area contributed by atoms with Crippen LogP contribution >= 0.6 is 22.6 Å². The molecule has 0 amide bonds. The molecule has 2 heterocycles. The van der Waals surface area contributed by atoms with E-state index in [-0.39, 0.29) is 0 Å². The summed E-state index contributed by atoms with van der Waals surface area (Å²) in [5.41, 5.74) is 6.12. The minimum absolute atomic E-state index is 0.303. The second-order valence-electron chi connectivity index (χ2n) is 1.89. The summed E-state index contributed by atoms with van der Waals surface area (Å²) in [5, 5.41) is 10.8. The van der Waals surface area contributed by atoms with Gasteiger partial charge in [-0.3, -0.25) is 0 Å². The number of rotatable bonds is 0. The van der Waals surface area contributed by atoms with Gasteiger partial charge < -0.3 is 5.73 Å². The fraction of sp³-hybridized carbons (Fsp3) is 0. The highest BCUT2D eigenvalue weighted by molar-refractivity contribution is 14.1. The van der Waals surface area contributed by atoms with Crippen LogP contribution in [0.1, 0.15) is 0 Å². The maximum absolute atomic E-state index is 5.51. The van der Waals surface area contributed by atoms with Gasteiger partial charge in [0.05, 0.1) is 0 Å². The van der Waals surface area contributed by atoms with Crippen molar-refractivity contribution in [3.05, 3.63) is 9.77 Å². The summed E-state index contributed by atoms with van der Waals surface area (Å²) in [4.78, 5) is 3.96. The Morgan fingerprint density at radius 1 is 1.55 bits per heavy atom. The molecule has 0 radical (unpaired) electrons. The molecule has 6 nitrogen and oxygen atoms in total. The molecule has 0 unspecified atom stereocenters. The van der Waals surface area contributed by atoms with Crippen LogP contribution in [0.4, 0.5) is 5.95 Å². The molecule has 2 aromatic rings. The van der Waals surface area contributed by atoms with Crippen molar-refractivity contribution < 1.29 is 0 Å². The van der Waals surface area contributed by atoms with Crippen LogP contribution in [0.25, 0.3) is 5.65 Å². The predicted molar refractivity (Wildman–Crippen MR) is 45.7 cm³/mol. The minimum atomic E-state index is 0.303. The second-order valence-corrected chi connectivity index (χ2v) is 2.99. The first-order chi connectivity index (χ1) is 5.27. The van der Waals surface area contributed by atoms with Crippen molar-refractivity contribution in [1.29, 1.82) is 0 Å². The Bertz CT molecular complexity index is 394. The zero-order valence-electron chi connectivity index (χ0n) is 5.27. The van der Waals surface area contributed by atoms with Crippen LogP contribution in [-0.2, 0) is 0 Å². The van der Waals surface area contributed by atoms with Gasteiger partial charge in [0.15, 0.2) is 5.65 Å². The van der Waals surface area contributed by atoms with E-state index in [4.69, 9.17) is 5.73 Å². The number of tetrazole rings is 1. The van der Waals surface area contributed by atoms with Crippen molar-refractivity contribution in [2.24, 2.45) is 0 Å². The Morgan fingerprint density at radius 2 is 2.36 bits per heavy atom. The molecule has 2 aromatic heterocycles. The van der Waals surface area contributed by atoms with E-state index >= 15 is 0 Å². The number of nitrogens with zero attached hydrogens (tertiary/aromatic N) is 5. The average molecular weight is 262 g/mol. The van der Waals surface area contributed by atoms with Crippen molar-refractivity contribution in [2.45, 2.75) is 0 Å². The third-order valence-corrected chi connectivity index (χ3v) is 1.73. The maximum atomic E-state index is 5.51. The van der Waals surface area contributed by atoms with E-state index in [1.54, 1.807) is 6.07 Å². The van der Waals surface area contributed by atoms with Crippen LogP contribution in [0.2, 0.25) is 0 Å². The number of hydrogen-bond acceptors (Lipinski definition) is 5. The topological polar surface area (TPSA) is 82.0 Å². The summed E-state index contributed by atoms with van der Waals surface area (Å²) in [5.74, 6) is 0.303. The molecule has 56 valence electrons. The molecule has 11 heavy (non-hydrogen) atoms.